The lowest BCUT2D eigenvalue weighted by atomic mass is 10.1. The first-order chi connectivity index (χ1) is 13.2. The van der Waals surface area contributed by atoms with Gasteiger partial charge >= 0.3 is 12.1 Å². The smallest absolute Gasteiger partial charge is 0.329 e. The third-order valence-corrected chi connectivity index (χ3v) is 5.28. The number of halogens is 3. The van der Waals surface area contributed by atoms with E-state index in [1.54, 1.807) is 0 Å². The first-order valence-corrected chi connectivity index (χ1v) is 9.06. The molecule has 1 saturated heterocycles. The van der Waals surface area contributed by atoms with Crippen LogP contribution in [-0.2, 0) is 6.18 Å². The van der Waals surface area contributed by atoms with Gasteiger partial charge in [0.2, 0.25) is 5.82 Å². The van der Waals surface area contributed by atoms with Crippen LogP contribution in [-0.4, -0.2) is 46.3 Å². The van der Waals surface area contributed by atoms with Gasteiger partial charge in [0.25, 0.3) is 5.91 Å². The van der Waals surface area contributed by atoms with E-state index in [4.69, 9.17) is 0 Å². The highest BCUT2D eigenvalue weighted by atomic mass is 19.4. The summed E-state index contributed by atoms with van der Waals surface area (Å²) < 4.78 is 41.8. The van der Waals surface area contributed by atoms with Gasteiger partial charge in [0.1, 0.15) is 0 Å². The molecule has 9 heteroatoms. The second-order valence-corrected chi connectivity index (χ2v) is 7.61. The van der Waals surface area contributed by atoms with E-state index in [-0.39, 0.29) is 11.7 Å². The van der Waals surface area contributed by atoms with Crippen molar-refractivity contribution in [1.82, 2.24) is 15.0 Å². The number of hydrogen-bond donors (Lipinski definition) is 0. The van der Waals surface area contributed by atoms with E-state index in [0.717, 1.165) is 18.8 Å². The molecule has 1 saturated carbocycles. The molecule has 148 valence electrons. The summed E-state index contributed by atoms with van der Waals surface area (Å²) in [6.07, 6.45) is -0.866. The van der Waals surface area contributed by atoms with E-state index in [2.05, 4.69) is 24.6 Å². The molecule has 28 heavy (non-hydrogen) atoms. The van der Waals surface area contributed by atoms with Crippen molar-refractivity contribution in [3.8, 4) is 11.4 Å². The van der Waals surface area contributed by atoms with Crippen LogP contribution in [0.4, 0.5) is 13.2 Å². The van der Waals surface area contributed by atoms with Crippen LogP contribution in [0, 0.1) is 5.41 Å². The Kier molecular flexibility index (Phi) is 4.57. The van der Waals surface area contributed by atoms with Crippen molar-refractivity contribution in [2.45, 2.75) is 32.4 Å². The molecule has 4 rings (SSSR count). The fraction of sp³-hybridized carbons (Fsp3) is 0.474. The van der Waals surface area contributed by atoms with E-state index >= 15 is 0 Å². The molecule has 1 aromatic heterocycles. The van der Waals surface area contributed by atoms with Crippen LogP contribution in [0.25, 0.3) is 11.4 Å². The van der Waals surface area contributed by atoms with E-state index in [1.807, 2.05) is 6.92 Å². The predicted molar refractivity (Wildman–Crippen MR) is 94.9 cm³/mol. The summed E-state index contributed by atoms with van der Waals surface area (Å²) in [5.74, 6) is -1.97. The third-order valence-electron chi connectivity index (χ3n) is 5.28. The molecule has 1 amide bonds. The molecule has 2 aromatic rings. The first kappa shape index (κ1) is 18.8. The Bertz CT molecular complexity index is 914. The molecular formula is C19H19F3N4O2. The van der Waals surface area contributed by atoms with Gasteiger partial charge in [0, 0.05) is 29.9 Å². The molecule has 2 heterocycles. The normalized spacial score (nSPS) is 19.4. The second-order valence-electron chi connectivity index (χ2n) is 7.61. The molecule has 1 spiro atoms. The second kappa shape index (κ2) is 6.80. The van der Waals surface area contributed by atoms with Crippen molar-refractivity contribution in [2.24, 2.45) is 10.4 Å². The number of nitrogens with zero attached hydrogens (tertiary/aromatic N) is 4. The maximum absolute atomic E-state index is 12.5. The SMILES string of the molecule is CC(CN1CCC2(CC2)C1)=NC(=O)c1ccc(-c2noc(C(F)(F)F)n2)cc1. The summed E-state index contributed by atoms with van der Waals surface area (Å²) in [6.45, 7) is 4.63. The molecule has 0 atom stereocenters. The van der Waals surface area contributed by atoms with Gasteiger partial charge in [0.05, 0.1) is 0 Å². The van der Waals surface area contributed by atoms with Crippen molar-refractivity contribution >= 4 is 11.6 Å². The number of carbonyl (C=O) groups excluding carboxylic acids is 1. The minimum absolute atomic E-state index is 0.186. The molecule has 6 nitrogen and oxygen atoms in total. The Balaban J connectivity index is 1.40. The van der Waals surface area contributed by atoms with Crippen molar-refractivity contribution in [1.29, 1.82) is 0 Å². The van der Waals surface area contributed by atoms with Gasteiger partial charge < -0.3 is 4.52 Å². The monoisotopic (exact) mass is 392 g/mol. The lowest BCUT2D eigenvalue weighted by Crippen LogP contribution is -2.27. The van der Waals surface area contributed by atoms with Crippen LogP contribution in [0.5, 0.6) is 0 Å². The van der Waals surface area contributed by atoms with Gasteiger partial charge in [0.15, 0.2) is 0 Å². The quantitative estimate of drug-likeness (QED) is 0.740. The van der Waals surface area contributed by atoms with Crippen LogP contribution >= 0.6 is 0 Å². The Morgan fingerprint density at radius 3 is 2.54 bits per heavy atom. The topological polar surface area (TPSA) is 71.6 Å². The maximum atomic E-state index is 12.5. The van der Waals surface area contributed by atoms with Crippen LogP contribution < -0.4 is 0 Å². The van der Waals surface area contributed by atoms with Crippen LogP contribution in [0.3, 0.4) is 0 Å². The zero-order valence-corrected chi connectivity index (χ0v) is 15.3. The molecule has 0 radical (unpaired) electrons. The summed E-state index contributed by atoms with van der Waals surface area (Å²) >= 11 is 0. The first-order valence-electron chi connectivity index (χ1n) is 9.06. The molecule has 1 aromatic carbocycles. The standard InChI is InChI=1S/C19H19F3N4O2/c1-12(10-26-9-8-18(11-26)6-7-18)23-16(27)14-4-2-13(3-5-14)15-24-17(28-25-15)19(20,21)22/h2-5H,6-11H2,1H3. The van der Waals surface area contributed by atoms with Gasteiger partial charge in [-0.3, -0.25) is 9.69 Å². The predicted octanol–water partition coefficient (Wildman–Crippen LogP) is 3.84. The summed E-state index contributed by atoms with van der Waals surface area (Å²) in [5.41, 5.74) is 1.95. The Labute approximate surface area is 159 Å². The summed E-state index contributed by atoms with van der Waals surface area (Å²) in [5, 5.41) is 3.33. The van der Waals surface area contributed by atoms with Gasteiger partial charge in [-0.25, -0.2) is 4.99 Å². The number of rotatable bonds is 4. The molecule has 2 aliphatic rings. The highest BCUT2D eigenvalue weighted by Gasteiger charge is 2.47. The van der Waals surface area contributed by atoms with Crippen molar-refractivity contribution in [3.05, 3.63) is 35.7 Å². The van der Waals surface area contributed by atoms with E-state index < -0.39 is 12.1 Å². The van der Waals surface area contributed by atoms with Gasteiger partial charge in [-0.2, -0.15) is 18.2 Å². The van der Waals surface area contributed by atoms with Crippen molar-refractivity contribution in [2.75, 3.05) is 19.6 Å². The van der Waals surface area contributed by atoms with E-state index in [1.165, 1.54) is 43.5 Å². The number of amides is 1. The molecular weight excluding hydrogens is 373 g/mol. The van der Waals surface area contributed by atoms with Gasteiger partial charge in [-0.15, -0.1) is 0 Å². The largest absolute Gasteiger partial charge is 0.471 e. The average Bonchev–Trinajstić information content (AvgIpc) is 3.05. The highest BCUT2D eigenvalue weighted by Crippen LogP contribution is 2.52. The minimum atomic E-state index is -4.69. The lowest BCUT2D eigenvalue weighted by molar-refractivity contribution is -0.159. The summed E-state index contributed by atoms with van der Waals surface area (Å²) in [6, 6.07) is 5.93. The van der Waals surface area contributed by atoms with Crippen molar-refractivity contribution < 1.29 is 22.5 Å². The number of aromatic nitrogens is 2. The number of alkyl halides is 3. The fourth-order valence-electron chi connectivity index (χ4n) is 3.56. The Morgan fingerprint density at radius 2 is 1.96 bits per heavy atom. The molecule has 2 fully saturated rings. The molecule has 1 aliphatic carbocycles. The Morgan fingerprint density at radius 1 is 1.25 bits per heavy atom. The summed E-state index contributed by atoms with van der Waals surface area (Å²) in [4.78, 5) is 22.2. The van der Waals surface area contributed by atoms with E-state index in [9.17, 15) is 18.0 Å². The van der Waals surface area contributed by atoms with E-state index in [0.29, 0.717) is 23.1 Å². The van der Waals surface area contributed by atoms with Crippen LogP contribution in [0.15, 0.2) is 33.8 Å². The zero-order valence-electron chi connectivity index (χ0n) is 15.3. The number of hydrogen-bond acceptors (Lipinski definition) is 5. The third kappa shape index (κ3) is 3.99. The average molecular weight is 392 g/mol. The minimum Gasteiger partial charge on any atom is -0.329 e. The van der Waals surface area contributed by atoms with Crippen LogP contribution in [0.2, 0.25) is 0 Å². The molecule has 0 bridgehead atoms. The highest BCUT2D eigenvalue weighted by molar-refractivity contribution is 6.03. The van der Waals surface area contributed by atoms with Gasteiger partial charge in [-0.05, 0) is 50.3 Å². The lowest BCUT2D eigenvalue weighted by Gasteiger charge is -2.15. The zero-order chi connectivity index (χ0) is 19.9. The molecule has 0 N–H and O–H groups in total. The van der Waals surface area contributed by atoms with Gasteiger partial charge in [-0.1, -0.05) is 17.3 Å². The maximum Gasteiger partial charge on any atom is 0.471 e. The molecule has 1 aliphatic heterocycles. The number of aliphatic imine (C=N–C) groups is 1. The van der Waals surface area contributed by atoms with Crippen molar-refractivity contribution in [3.63, 3.8) is 0 Å². The number of likely N-dealkylation sites (tertiary alicyclic amines) is 1. The number of benzene rings is 1. The molecule has 0 unspecified atom stereocenters. The number of carbonyl (C=O) groups is 1. The van der Waals surface area contributed by atoms with Crippen LogP contribution in [0.1, 0.15) is 42.4 Å². The fourth-order valence-corrected chi connectivity index (χ4v) is 3.56. The Hall–Kier alpha value is -2.55. The summed E-state index contributed by atoms with van der Waals surface area (Å²) in [7, 11) is 0.